The van der Waals surface area contributed by atoms with Gasteiger partial charge < -0.3 is 15.3 Å². The molecule has 1 heterocycles. The van der Waals surface area contributed by atoms with E-state index in [2.05, 4.69) is 24.1 Å². The lowest BCUT2D eigenvalue weighted by atomic mass is 9.70. The van der Waals surface area contributed by atoms with Crippen molar-refractivity contribution >= 4 is 0 Å². The van der Waals surface area contributed by atoms with E-state index in [9.17, 15) is 5.11 Å². The third-order valence-corrected chi connectivity index (χ3v) is 5.79. The molecule has 0 amide bonds. The molecule has 2 fully saturated rings. The molecule has 3 nitrogen and oxygen atoms in total. The number of piperidine rings is 1. The SMILES string of the molecule is CCCNCC1(CN2CCC(CO)CC2)CCC(C)CC1. The molecule has 0 radical (unpaired) electrons. The second-order valence-corrected chi connectivity index (χ2v) is 7.76. The normalized spacial score (nSPS) is 32.4. The Balaban J connectivity index is 1.86. The first kappa shape index (κ1) is 17.2. The van der Waals surface area contributed by atoms with Gasteiger partial charge in [-0.2, -0.15) is 0 Å². The summed E-state index contributed by atoms with van der Waals surface area (Å²) in [6, 6.07) is 0. The Labute approximate surface area is 131 Å². The van der Waals surface area contributed by atoms with Gasteiger partial charge in [0, 0.05) is 19.7 Å². The van der Waals surface area contributed by atoms with Gasteiger partial charge in [0.15, 0.2) is 0 Å². The minimum Gasteiger partial charge on any atom is -0.396 e. The summed E-state index contributed by atoms with van der Waals surface area (Å²) in [5.41, 5.74) is 0.508. The van der Waals surface area contributed by atoms with Crippen LogP contribution < -0.4 is 5.32 Å². The minimum absolute atomic E-state index is 0.383. The highest BCUT2D eigenvalue weighted by Crippen LogP contribution is 2.39. The Morgan fingerprint density at radius 2 is 1.81 bits per heavy atom. The predicted octanol–water partition coefficient (Wildman–Crippen LogP) is 2.89. The molecule has 21 heavy (non-hydrogen) atoms. The molecule has 1 saturated carbocycles. The van der Waals surface area contributed by atoms with E-state index in [-0.39, 0.29) is 0 Å². The van der Waals surface area contributed by atoms with Crippen LogP contribution in [-0.4, -0.2) is 49.3 Å². The van der Waals surface area contributed by atoms with Crippen molar-refractivity contribution in [2.24, 2.45) is 17.3 Å². The van der Waals surface area contributed by atoms with Crippen LogP contribution in [0, 0.1) is 17.3 Å². The Kier molecular flexibility index (Phi) is 6.97. The fraction of sp³-hybridized carbons (Fsp3) is 1.00. The van der Waals surface area contributed by atoms with Crippen molar-refractivity contribution < 1.29 is 5.11 Å². The number of hydrogen-bond donors (Lipinski definition) is 2. The number of likely N-dealkylation sites (tertiary alicyclic amines) is 1. The summed E-state index contributed by atoms with van der Waals surface area (Å²) in [7, 11) is 0. The summed E-state index contributed by atoms with van der Waals surface area (Å²) in [4.78, 5) is 2.68. The number of aliphatic hydroxyl groups excluding tert-OH is 1. The van der Waals surface area contributed by atoms with Gasteiger partial charge in [-0.05, 0) is 69.0 Å². The average Bonchev–Trinajstić information content (AvgIpc) is 2.51. The van der Waals surface area contributed by atoms with E-state index in [0.29, 0.717) is 17.9 Å². The number of aliphatic hydroxyl groups is 1. The Bertz CT molecular complexity index is 279. The van der Waals surface area contributed by atoms with Crippen LogP contribution in [0.4, 0.5) is 0 Å². The van der Waals surface area contributed by atoms with Gasteiger partial charge in [0.05, 0.1) is 0 Å². The number of nitrogens with zero attached hydrogens (tertiary/aromatic N) is 1. The second kappa shape index (κ2) is 8.50. The second-order valence-electron chi connectivity index (χ2n) is 7.76. The molecule has 1 aliphatic carbocycles. The monoisotopic (exact) mass is 296 g/mol. The molecule has 0 aromatic heterocycles. The molecule has 0 aromatic carbocycles. The van der Waals surface area contributed by atoms with Crippen molar-refractivity contribution in [3.05, 3.63) is 0 Å². The molecule has 0 atom stereocenters. The largest absolute Gasteiger partial charge is 0.396 e. The number of nitrogens with one attached hydrogen (secondary N) is 1. The van der Waals surface area contributed by atoms with E-state index < -0.39 is 0 Å². The van der Waals surface area contributed by atoms with Crippen LogP contribution in [0.3, 0.4) is 0 Å². The number of rotatable bonds is 7. The van der Waals surface area contributed by atoms with Crippen LogP contribution in [0.2, 0.25) is 0 Å². The van der Waals surface area contributed by atoms with E-state index >= 15 is 0 Å². The Morgan fingerprint density at radius 3 is 2.38 bits per heavy atom. The van der Waals surface area contributed by atoms with Crippen LogP contribution in [0.5, 0.6) is 0 Å². The highest BCUT2D eigenvalue weighted by atomic mass is 16.3. The van der Waals surface area contributed by atoms with Gasteiger partial charge in [-0.25, -0.2) is 0 Å². The lowest BCUT2D eigenvalue weighted by Gasteiger charge is -2.44. The maximum absolute atomic E-state index is 9.29. The maximum Gasteiger partial charge on any atom is 0.0460 e. The molecule has 0 bridgehead atoms. The van der Waals surface area contributed by atoms with E-state index in [1.165, 1.54) is 71.1 Å². The molecule has 1 aliphatic heterocycles. The quantitative estimate of drug-likeness (QED) is 0.709. The van der Waals surface area contributed by atoms with Crippen LogP contribution >= 0.6 is 0 Å². The molecule has 2 N–H and O–H groups in total. The lowest BCUT2D eigenvalue weighted by Crippen LogP contribution is -2.48. The zero-order chi connectivity index (χ0) is 15.1. The summed E-state index contributed by atoms with van der Waals surface area (Å²) in [5.74, 6) is 1.48. The highest BCUT2D eigenvalue weighted by Gasteiger charge is 2.36. The molecule has 0 spiro atoms. The number of hydrogen-bond acceptors (Lipinski definition) is 3. The standard InChI is InChI=1S/C18H36N2O/c1-3-10-19-14-18(8-4-16(2)5-9-18)15-20-11-6-17(13-21)7-12-20/h16-17,19,21H,3-15H2,1-2H3. The van der Waals surface area contributed by atoms with Crippen LogP contribution in [0.1, 0.15) is 58.8 Å². The van der Waals surface area contributed by atoms with E-state index in [1.807, 2.05) is 0 Å². The van der Waals surface area contributed by atoms with Crippen molar-refractivity contribution in [2.75, 3.05) is 39.3 Å². The third-order valence-electron chi connectivity index (χ3n) is 5.79. The first-order chi connectivity index (χ1) is 10.2. The fourth-order valence-electron chi connectivity index (χ4n) is 4.10. The maximum atomic E-state index is 9.29. The molecule has 0 unspecified atom stereocenters. The van der Waals surface area contributed by atoms with Gasteiger partial charge in [-0.1, -0.05) is 26.7 Å². The molecule has 1 saturated heterocycles. The van der Waals surface area contributed by atoms with Crippen molar-refractivity contribution in [1.29, 1.82) is 0 Å². The van der Waals surface area contributed by atoms with Crippen LogP contribution in [0.15, 0.2) is 0 Å². The summed E-state index contributed by atoms with van der Waals surface area (Å²) in [5, 5.41) is 13.0. The van der Waals surface area contributed by atoms with Gasteiger partial charge in [-0.3, -0.25) is 0 Å². The summed E-state index contributed by atoms with van der Waals surface area (Å²) < 4.78 is 0. The molecule has 2 aliphatic rings. The first-order valence-electron chi connectivity index (χ1n) is 9.21. The van der Waals surface area contributed by atoms with Gasteiger partial charge in [0.2, 0.25) is 0 Å². The van der Waals surface area contributed by atoms with E-state index in [0.717, 1.165) is 12.5 Å². The van der Waals surface area contributed by atoms with Gasteiger partial charge >= 0.3 is 0 Å². The van der Waals surface area contributed by atoms with Gasteiger partial charge in [-0.15, -0.1) is 0 Å². The topological polar surface area (TPSA) is 35.5 Å². The lowest BCUT2D eigenvalue weighted by molar-refractivity contribution is 0.0570. The third kappa shape index (κ3) is 5.22. The van der Waals surface area contributed by atoms with Crippen LogP contribution in [-0.2, 0) is 0 Å². The molecule has 0 aromatic rings. The van der Waals surface area contributed by atoms with Crippen molar-refractivity contribution in [3.63, 3.8) is 0 Å². The fourth-order valence-corrected chi connectivity index (χ4v) is 4.10. The molecule has 124 valence electrons. The molecular weight excluding hydrogens is 260 g/mol. The summed E-state index contributed by atoms with van der Waals surface area (Å²) in [6.07, 6.45) is 9.20. The summed E-state index contributed by atoms with van der Waals surface area (Å²) in [6.45, 7) is 11.1. The Hall–Kier alpha value is -0.120. The average molecular weight is 296 g/mol. The molecule has 2 rings (SSSR count). The van der Waals surface area contributed by atoms with Gasteiger partial charge in [0.1, 0.15) is 0 Å². The first-order valence-corrected chi connectivity index (χ1v) is 9.21. The highest BCUT2D eigenvalue weighted by molar-refractivity contribution is 4.90. The molecular formula is C18H36N2O. The van der Waals surface area contributed by atoms with E-state index in [1.54, 1.807) is 0 Å². The smallest absolute Gasteiger partial charge is 0.0460 e. The minimum atomic E-state index is 0.383. The van der Waals surface area contributed by atoms with Crippen molar-refractivity contribution in [2.45, 2.75) is 58.8 Å². The Morgan fingerprint density at radius 1 is 1.14 bits per heavy atom. The van der Waals surface area contributed by atoms with Crippen molar-refractivity contribution in [1.82, 2.24) is 10.2 Å². The van der Waals surface area contributed by atoms with Gasteiger partial charge in [0.25, 0.3) is 0 Å². The predicted molar refractivity (Wildman–Crippen MR) is 89.5 cm³/mol. The zero-order valence-corrected chi connectivity index (χ0v) is 14.2. The zero-order valence-electron chi connectivity index (χ0n) is 14.2. The van der Waals surface area contributed by atoms with E-state index in [4.69, 9.17) is 0 Å². The van der Waals surface area contributed by atoms with Crippen molar-refractivity contribution in [3.8, 4) is 0 Å². The van der Waals surface area contributed by atoms with Crippen LogP contribution in [0.25, 0.3) is 0 Å². The summed E-state index contributed by atoms with van der Waals surface area (Å²) >= 11 is 0. The molecule has 3 heteroatoms.